The highest BCUT2D eigenvalue weighted by Crippen LogP contribution is 2.32. The van der Waals surface area contributed by atoms with Gasteiger partial charge in [0.15, 0.2) is 6.61 Å². The largest absolute Gasteiger partial charge is 0.483 e. The van der Waals surface area contributed by atoms with Gasteiger partial charge < -0.3 is 9.72 Å². The van der Waals surface area contributed by atoms with E-state index in [1.54, 1.807) is 12.1 Å². The molecule has 0 aliphatic heterocycles. The van der Waals surface area contributed by atoms with Crippen molar-refractivity contribution in [2.24, 2.45) is 5.10 Å². The SMILES string of the molecule is O=C(COc1ccc2ccccc2c1Br)NN=Cc1cc2ccccc2[nH]c1=O. The number of nitrogens with one attached hydrogen (secondary N) is 2. The summed E-state index contributed by atoms with van der Waals surface area (Å²) in [6, 6.07) is 20.7. The quantitative estimate of drug-likeness (QED) is 0.357. The first kappa shape index (κ1) is 18.9. The standard InChI is InChI=1S/C22H16BrN3O3/c23-21-17-7-3-1-5-14(17)9-10-19(21)29-13-20(27)26-24-12-16-11-15-6-2-4-8-18(15)25-22(16)28/h1-12H,13H2,(H,25,28)(H,26,27). The Bertz CT molecular complexity index is 1300. The fraction of sp³-hybridized carbons (Fsp3) is 0.0455. The molecule has 0 aliphatic carbocycles. The van der Waals surface area contributed by atoms with Gasteiger partial charge in [-0.1, -0.05) is 48.5 Å². The lowest BCUT2D eigenvalue weighted by atomic mass is 10.1. The van der Waals surface area contributed by atoms with Crippen LogP contribution in [0.25, 0.3) is 21.7 Å². The second-order valence-electron chi connectivity index (χ2n) is 6.32. The van der Waals surface area contributed by atoms with Crippen molar-refractivity contribution in [2.75, 3.05) is 6.61 Å². The summed E-state index contributed by atoms with van der Waals surface area (Å²) in [4.78, 5) is 26.9. The van der Waals surface area contributed by atoms with Crippen LogP contribution in [0.1, 0.15) is 5.56 Å². The number of para-hydroxylation sites is 1. The normalized spacial score (nSPS) is 11.2. The third-order valence-corrected chi connectivity index (χ3v) is 5.18. The fourth-order valence-corrected chi connectivity index (χ4v) is 3.54. The summed E-state index contributed by atoms with van der Waals surface area (Å²) in [6.07, 6.45) is 1.31. The summed E-state index contributed by atoms with van der Waals surface area (Å²) in [5.74, 6) is 0.132. The van der Waals surface area contributed by atoms with Gasteiger partial charge in [-0.05, 0) is 50.3 Å². The van der Waals surface area contributed by atoms with E-state index in [0.29, 0.717) is 11.3 Å². The van der Waals surface area contributed by atoms with Crippen LogP contribution in [0.15, 0.2) is 81.1 Å². The molecule has 1 heterocycles. The zero-order valence-electron chi connectivity index (χ0n) is 15.2. The maximum atomic E-state index is 12.1. The zero-order valence-corrected chi connectivity index (χ0v) is 16.8. The van der Waals surface area contributed by atoms with Gasteiger partial charge in [-0.3, -0.25) is 9.59 Å². The summed E-state index contributed by atoms with van der Waals surface area (Å²) in [5.41, 5.74) is 3.18. The topological polar surface area (TPSA) is 83.5 Å². The molecule has 7 heteroatoms. The van der Waals surface area contributed by atoms with Crippen LogP contribution >= 0.6 is 15.9 Å². The lowest BCUT2D eigenvalue weighted by Gasteiger charge is -2.09. The Morgan fingerprint density at radius 1 is 1.07 bits per heavy atom. The van der Waals surface area contributed by atoms with Gasteiger partial charge in [-0.2, -0.15) is 5.10 Å². The first-order valence-electron chi connectivity index (χ1n) is 8.86. The van der Waals surface area contributed by atoms with Gasteiger partial charge >= 0.3 is 0 Å². The van der Waals surface area contributed by atoms with Gasteiger partial charge in [-0.25, -0.2) is 5.43 Å². The molecule has 4 rings (SSSR count). The van der Waals surface area contributed by atoms with Crippen LogP contribution in [0.5, 0.6) is 5.75 Å². The number of ether oxygens (including phenoxy) is 1. The molecule has 0 unspecified atom stereocenters. The molecule has 0 bridgehead atoms. The Hall–Kier alpha value is -3.45. The number of fused-ring (bicyclic) bond motifs is 2. The molecule has 0 atom stereocenters. The van der Waals surface area contributed by atoms with Gasteiger partial charge in [0.2, 0.25) is 0 Å². The van der Waals surface area contributed by atoms with Crippen molar-refractivity contribution in [3.63, 3.8) is 0 Å². The molecule has 0 saturated carbocycles. The van der Waals surface area contributed by atoms with E-state index in [1.165, 1.54) is 6.21 Å². The molecule has 1 aromatic heterocycles. The second-order valence-corrected chi connectivity index (χ2v) is 7.11. The number of aromatic nitrogens is 1. The Balaban J connectivity index is 1.40. The number of hydrogen-bond donors (Lipinski definition) is 2. The number of hydrazone groups is 1. The summed E-state index contributed by atoms with van der Waals surface area (Å²) in [6.45, 7) is -0.206. The van der Waals surface area contributed by atoms with E-state index in [1.807, 2.05) is 54.6 Å². The molecule has 2 N–H and O–H groups in total. The van der Waals surface area contributed by atoms with Gasteiger partial charge in [0.05, 0.1) is 16.3 Å². The minimum Gasteiger partial charge on any atom is -0.483 e. The van der Waals surface area contributed by atoms with Crippen molar-refractivity contribution in [3.05, 3.63) is 87.1 Å². The zero-order chi connectivity index (χ0) is 20.2. The highest BCUT2D eigenvalue weighted by molar-refractivity contribution is 9.10. The Morgan fingerprint density at radius 3 is 2.69 bits per heavy atom. The Labute approximate surface area is 174 Å². The summed E-state index contributed by atoms with van der Waals surface area (Å²) < 4.78 is 6.38. The first-order valence-corrected chi connectivity index (χ1v) is 9.65. The van der Waals surface area contributed by atoms with E-state index >= 15 is 0 Å². The van der Waals surface area contributed by atoms with Crippen LogP contribution in [0, 0.1) is 0 Å². The number of rotatable bonds is 5. The molecule has 0 spiro atoms. The highest BCUT2D eigenvalue weighted by atomic mass is 79.9. The van der Waals surface area contributed by atoms with Crippen molar-refractivity contribution >= 4 is 49.7 Å². The third kappa shape index (κ3) is 4.20. The Kier molecular flexibility index (Phi) is 5.39. The van der Waals surface area contributed by atoms with E-state index in [-0.39, 0.29) is 12.2 Å². The smallest absolute Gasteiger partial charge is 0.277 e. The number of amides is 1. The van der Waals surface area contributed by atoms with Crippen LogP contribution in [0.2, 0.25) is 0 Å². The summed E-state index contributed by atoms with van der Waals surface area (Å²) >= 11 is 3.52. The maximum Gasteiger partial charge on any atom is 0.277 e. The average Bonchev–Trinajstić information content (AvgIpc) is 2.74. The lowest BCUT2D eigenvalue weighted by molar-refractivity contribution is -0.123. The number of carbonyl (C=O) groups is 1. The highest BCUT2D eigenvalue weighted by Gasteiger charge is 2.08. The van der Waals surface area contributed by atoms with E-state index in [0.717, 1.165) is 26.1 Å². The molecule has 29 heavy (non-hydrogen) atoms. The monoisotopic (exact) mass is 449 g/mol. The van der Waals surface area contributed by atoms with Crippen LogP contribution < -0.4 is 15.7 Å². The number of halogens is 1. The number of pyridine rings is 1. The van der Waals surface area contributed by atoms with Gasteiger partial charge in [0.1, 0.15) is 5.75 Å². The number of H-pyrrole nitrogens is 1. The van der Waals surface area contributed by atoms with E-state index in [4.69, 9.17) is 4.74 Å². The molecule has 1 amide bonds. The molecule has 6 nitrogen and oxygen atoms in total. The number of nitrogens with zero attached hydrogens (tertiary/aromatic N) is 1. The molecule has 0 radical (unpaired) electrons. The molecule has 0 fully saturated rings. The number of aromatic amines is 1. The van der Waals surface area contributed by atoms with Gasteiger partial charge in [0.25, 0.3) is 11.5 Å². The second kappa shape index (κ2) is 8.28. The van der Waals surface area contributed by atoms with Crippen LogP contribution in [0.4, 0.5) is 0 Å². The van der Waals surface area contributed by atoms with Gasteiger partial charge in [-0.15, -0.1) is 0 Å². The molecule has 144 valence electrons. The van der Waals surface area contributed by atoms with Crippen LogP contribution in [-0.4, -0.2) is 23.7 Å². The van der Waals surface area contributed by atoms with E-state index < -0.39 is 5.91 Å². The number of hydrogen-bond acceptors (Lipinski definition) is 4. The van der Waals surface area contributed by atoms with Gasteiger partial charge in [0, 0.05) is 5.52 Å². The minimum absolute atomic E-state index is 0.206. The number of carbonyl (C=O) groups excluding carboxylic acids is 1. The van der Waals surface area contributed by atoms with Crippen molar-refractivity contribution < 1.29 is 9.53 Å². The minimum atomic E-state index is -0.432. The molecule has 4 aromatic rings. The summed E-state index contributed by atoms with van der Waals surface area (Å²) in [7, 11) is 0. The molecular formula is C22H16BrN3O3. The summed E-state index contributed by atoms with van der Waals surface area (Å²) in [5, 5.41) is 6.81. The van der Waals surface area contributed by atoms with E-state index in [2.05, 4.69) is 31.4 Å². The lowest BCUT2D eigenvalue weighted by Crippen LogP contribution is -2.25. The Morgan fingerprint density at radius 2 is 1.83 bits per heavy atom. The van der Waals surface area contributed by atoms with Crippen molar-refractivity contribution in [1.29, 1.82) is 0 Å². The molecule has 0 saturated heterocycles. The third-order valence-electron chi connectivity index (χ3n) is 4.36. The van der Waals surface area contributed by atoms with Crippen LogP contribution in [0.3, 0.4) is 0 Å². The van der Waals surface area contributed by atoms with Crippen molar-refractivity contribution in [3.8, 4) is 5.75 Å². The predicted octanol–water partition coefficient (Wildman–Crippen LogP) is 3.97. The first-order chi connectivity index (χ1) is 14.1. The maximum absolute atomic E-state index is 12.1. The van der Waals surface area contributed by atoms with Crippen molar-refractivity contribution in [2.45, 2.75) is 0 Å². The fourth-order valence-electron chi connectivity index (χ4n) is 2.93. The van der Waals surface area contributed by atoms with E-state index in [9.17, 15) is 9.59 Å². The van der Waals surface area contributed by atoms with Crippen molar-refractivity contribution in [1.82, 2.24) is 10.4 Å². The number of benzene rings is 3. The predicted molar refractivity (Wildman–Crippen MR) is 117 cm³/mol. The average molecular weight is 450 g/mol. The molecule has 3 aromatic carbocycles. The molecule has 0 aliphatic rings. The van der Waals surface area contributed by atoms with Crippen LogP contribution in [-0.2, 0) is 4.79 Å². The molecular weight excluding hydrogens is 434 g/mol.